The van der Waals surface area contributed by atoms with Crippen LogP contribution in [0, 0.1) is 5.41 Å². The van der Waals surface area contributed by atoms with E-state index in [2.05, 4.69) is 43.0 Å². The zero-order chi connectivity index (χ0) is 13.2. The lowest BCUT2D eigenvalue weighted by Crippen LogP contribution is -2.31. The molecule has 0 saturated carbocycles. The van der Waals surface area contributed by atoms with Crippen LogP contribution in [0.3, 0.4) is 0 Å². The molecule has 1 aromatic rings. The molecule has 3 nitrogen and oxygen atoms in total. The maximum atomic E-state index is 4.46. The van der Waals surface area contributed by atoms with Gasteiger partial charge in [0.15, 0.2) is 0 Å². The summed E-state index contributed by atoms with van der Waals surface area (Å²) in [6, 6.07) is 0.403. The van der Waals surface area contributed by atoms with Crippen LogP contribution in [0.4, 0.5) is 5.82 Å². The van der Waals surface area contributed by atoms with Crippen molar-refractivity contribution in [2.24, 2.45) is 5.41 Å². The SMILES string of the molecule is CC(Nc1ncnc2c1CCCCC2)C(C)(C)C. The van der Waals surface area contributed by atoms with Crippen LogP contribution in [-0.2, 0) is 12.8 Å². The molecule has 0 bridgehead atoms. The van der Waals surface area contributed by atoms with Crippen LogP contribution in [0.5, 0.6) is 0 Å². The second kappa shape index (κ2) is 5.25. The van der Waals surface area contributed by atoms with E-state index in [1.807, 2.05) is 0 Å². The number of hydrogen-bond donors (Lipinski definition) is 1. The predicted molar refractivity (Wildman–Crippen MR) is 75.8 cm³/mol. The van der Waals surface area contributed by atoms with Gasteiger partial charge in [0.25, 0.3) is 0 Å². The van der Waals surface area contributed by atoms with Crippen molar-refractivity contribution < 1.29 is 0 Å². The van der Waals surface area contributed by atoms with Crippen molar-refractivity contribution in [2.75, 3.05) is 5.32 Å². The standard InChI is InChI=1S/C15H25N3/c1-11(15(2,3)4)18-14-12-8-6-5-7-9-13(12)16-10-17-14/h10-11H,5-9H2,1-4H3,(H,16,17,18). The first-order valence-corrected chi connectivity index (χ1v) is 7.08. The number of hydrogen-bond acceptors (Lipinski definition) is 3. The Morgan fingerprint density at radius 1 is 1.11 bits per heavy atom. The zero-order valence-electron chi connectivity index (χ0n) is 12.1. The minimum atomic E-state index is 0.239. The highest BCUT2D eigenvalue weighted by Gasteiger charge is 2.22. The molecule has 0 saturated heterocycles. The molecule has 1 atom stereocenters. The van der Waals surface area contributed by atoms with Crippen molar-refractivity contribution in [3.63, 3.8) is 0 Å². The van der Waals surface area contributed by atoms with Crippen LogP contribution >= 0.6 is 0 Å². The summed E-state index contributed by atoms with van der Waals surface area (Å²) >= 11 is 0. The fraction of sp³-hybridized carbons (Fsp3) is 0.733. The summed E-state index contributed by atoms with van der Waals surface area (Å²) in [6.07, 6.45) is 7.77. The molecule has 1 aliphatic carbocycles. The molecule has 1 heterocycles. The molecule has 0 radical (unpaired) electrons. The molecule has 100 valence electrons. The van der Waals surface area contributed by atoms with E-state index in [1.54, 1.807) is 6.33 Å². The van der Waals surface area contributed by atoms with Crippen molar-refractivity contribution >= 4 is 5.82 Å². The summed E-state index contributed by atoms with van der Waals surface area (Å²) in [4.78, 5) is 8.92. The first-order valence-electron chi connectivity index (χ1n) is 7.08. The van der Waals surface area contributed by atoms with Crippen LogP contribution in [0.15, 0.2) is 6.33 Å². The van der Waals surface area contributed by atoms with Crippen molar-refractivity contribution in [1.82, 2.24) is 9.97 Å². The van der Waals surface area contributed by atoms with Gasteiger partial charge in [0.2, 0.25) is 0 Å². The fourth-order valence-electron chi connectivity index (χ4n) is 2.24. The van der Waals surface area contributed by atoms with Crippen LogP contribution in [0.2, 0.25) is 0 Å². The molecule has 0 amide bonds. The van der Waals surface area contributed by atoms with E-state index in [9.17, 15) is 0 Å². The average molecular weight is 247 g/mol. The van der Waals surface area contributed by atoms with Gasteiger partial charge in [0.1, 0.15) is 12.1 Å². The number of fused-ring (bicyclic) bond motifs is 1. The van der Waals surface area contributed by atoms with Crippen molar-refractivity contribution in [3.05, 3.63) is 17.6 Å². The van der Waals surface area contributed by atoms with Crippen molar-refractivity contribution in [1.29, 1.82) is 0 Å². The van der Waals surface area contributed by atoms with E-state index < -0.39 is 0 Å². The Morgan fingerprint density at radius 3 is 2.56 bits per heavy atom. The van der Waals surface area contributed by atoms with Gasteiger partial charge in [-0.15, -0.1) is 0 Å². The molecule has 3 heteroatoms. The lowest BCUT2D eigenvalue weighted by atomic mass is 9.88. The Labute approximate surface area is 110 Å². The number of anilines is 1. The highest BCUT2D eigenvalue weighted by Crippen LogP contribution is 2.27. The lowest BCUT2D eigenvalue weighted by Gasteiger charge is -2.29. The van der Waals surface area contributed by atoms with E-state index in [0.717, 1.165) is 18.7 Å². The quantitative estimate of drug-likeness (QED) is 0.812. The van der Waals surface area contributed by atoms with Crippen LogP contribution < -0.4 is 5.32 Å². The van der Waals surface area contributed by atoms with Gasteiger partial charge in [0.05, 0.1) is 0 Å². The Morgan fingerprint density at radius 2 is 1.83 bits per heavy atom. The van der Waals surface area contributed by atoms with Gasteiger partial charge in [-0.05, 0) is 38.0 Å². The van der Waals surface area contributed by atoms with E-state index in [1.165, 1.54) is 30.5 Å². The topological polar surface area (TPSA) is 37.8 Å². The summed E-state index contributed by atoms with van der Waals surface area (Å²) in [5.74, 6) is 1.06. The van der Waals surface area contributed by atoms with E-state index in [0.29, 0.717) is 6.04 Å². The fourth-order valence-corrected chi connectivity index (χ4v) is 2.24. The van der Waals surface area contributed by atoms with Gasteiger partial charge in [-0.1, -0.05) is 27.2 Å². The highest BCUT2D eigenvalue weighted by atomic mass is 15.0. The maximum Gasteiger partial charge on any atom is 0.133 e. The van der Waals surface area contributed by atoms with Crippen molar-refractivity contribution in [2.45, 2.75) is 65.8 Å². The number of nitrogens with one attached hydrogen (secondary N) is 1. The monoisotopic (exact) mass is 247 g/mol. The number of nitrogens with zero attached hydrogens (tertiary/aromatic N) is 2. The molecule has 1 N–H and O–H groups in total. The Bertz CT molecular complexity index is 407. The third kappa shape index (κ3) is 3.01. The number of aromatic nitrogens is 2. The van der Waals surface area contributed by atoms with Gasteiger partial charge in [0, 0.05) is 17.3 Å². The number of rotatable bonds is 2. The molecule has 18 heavy (non-hydrogen) atoms. The maximum absolute atomic E-state index is 4.46. The summed E-state index contributed by atoms with van der Waals surface area (Å²) in [5, 5.41) is 3.59. The molecule has 0 aromatic carbocycles. The summed E-state index contributed by atoms with van der Waals surface area (Å²) < 4.78 is 0. The van der Waals surface area contributed by atoms with Crippen LogP contribution in [0.1, 0.15) is 58.2 Å². The molecule has 0 fully saturated rings. The van der Waals surface area contributed by atoms with Gasteiger partial charge < -0.3 is 5.32 Å². The summed E-state index contributed by atoms with van der Waals surface area (Å²) in [5.41, 5.74) is 2.85. The first-order chi connectivity index (χ1) is 8.48. The second-order valence-corrected chi connectivity index (χ2v) is 6.44. The molecular weight excluding hydrogens is 222 g/mol. The van der Waals surface area contributed by atoms with Crippen molar-refractivity contribution in [3.8, 4) is 0 Å². The second-order valence-electron chi connectivity index (χ2n) is 6.44. The molecule has 1 aliphatic rings. The minimum absolute atomic E-state index is 0.239. The Kier molecular flexibility index (Phi) is 3.88. The van der Waals surface area contributed by atoms with Crippen LogP contribution in [0.25, 0.3) is 0 Å². The van der Waals surface area contributed by atoms with Crippen LogP contribution in [-0.4, -0.2) is 16.0 Å². The smallest absolute Gasteiger partial charge is 0.133 e. The van der Waals surface area contributed by atoms with Gasteiger partial charge in [-0.2, -0.15) is 0 Å². The molecule has 2 rings (SSSR count). The van der Waals surface area contributed by atoms with E-state index >= 15 is 0 Å². The molecule has 1 unspecified atom stereocenters. The normalized spacial score (nSPS) is 17.8. The third-order valence-electron chi connectivity index (χ3n) is 4.03. The first kappa shape index (κ1) is 13.3. The molecule has 0 aliphatic heterocycles. The van der Waals surface area contributed by atoms with Gasteiger partial charge in [-0.25, -0.2) is 9.97 Å². The average Bonchev–Trinajstić information content (AvgIpc) is 2.53. The summed E-state index contributed by atoms with van der Waals surface area (Å²) in [6.45, 7) is 8.99. The predicted octanol–water partition coefficient (Wildman–Crippen LogP) is 3.59. The Balaban J connectivity index is 2.23. The lowest BCUT2D eigenvalue weighted by molar-refractivity contribution is 0.358. The van der Waals surface area contributed by atoms with Gasteiger partial charge in [-0.3, -0.25) is 0 Å². The van der Waals surface area contributed by atoms with E-state index in [4.69, 9.17) is 0 Å². The molecule has 1 aromatic heterocycles. The zero-order valence-corrected chi connectivity index (χ0v) is 12.1. The van der Waals surface area contributed by atoms with E-state index in [-0.39, 0.29) is 5.41 Å². The highest BCUT2D eigenvalue weighted by molar-refractivity contribution is 5.47. The molecule has 0 spiro atoms. The van der Waals surface area contributed by atoms with Gasteiger partial charge >= 0.3 is 0 Å². The molecular formula is C15H25N3. The summed E-state index contributed by atoms with van der Waals surface area (Å²) in [7, 11) is 0. The third-order valence-corrected chi connectivity index (χ3v) is 4.03. The Hall–Kier alpha value is -1.12. The number of aryl methyl sites for hydroxylation is 1. The largest absolute Gasteiger partial charge is 0.367 e. The minimum Gasteiger partial charge on any atom is -0.367 e.